The molecule has 0 bridgehead atoms. The van der Waals surface area contributed by atoms with Crippen molar-refractivity contribution in [3.05, 3.63) is 0 Å². The van der Waals surface area contributed by atoms with Gasteiger partial charge in [-0.1, -0.05) is 26.7 Å². The van der Waals surface area contributed by atoms with E-state index in [1.165, 1.54) is 32.1 Å². The Hall–Kier alpha value is -0.530. The molecule has 1 aliphatic heterocycles. The van der Waals surface area contributed by atoms with Gasteiger partial charge in [0.1, 0.15) is 0 Å². The van der Waals surface area contributed by atoms with Crippen LogP contribution in [0.2, 0.25) is 0 Å². The van der Waals surface area contributed by atoms with E-state index < -0.39 is 0 Å². The molecule has 1 heterocycles. The molecule has 1 N–H and O–H groups in total. The summed E-state index contributed by atoms with van der Waals surface area (Å²) < 4.78 is 0. The number of hydrogen-bond donors (Lipinski definition) is 1. The van der Waals surface area contributed by atoms with Crippen molar-refractivity contribution >= 4 is 5.91 Å². The summed E-state index contributed by atoms with van der Waals surface area (Å²) >= 11 is 0. The summed E-state index contributed by atoms with van der Waals surface area (Å²) in [5.74, 6) is 1.91. The molecule has 1 amide bonds. The van der Waals surface area contributed by atoms with Crippen molar-refractivity contribution in [3.63, 3.8) is 0 Å². The van der Waals surface area contributed by atoms with Crippen LogP contribution >= 0.6 is 0 Å². The SMILES string of the molecule is CC(C)C1CCCC2(CC1)CC(=O)NC2(C)C. The summed E-state index contributed by atoms with van der Waals surface area (Å²) in [6.07, 6.45) is 7.15. The second-order valence-corrected chi connectivity index (χ2v) is 7.07. The minimum absolute atomic E-state index is 0.00402. The van der Waals surface area contributed by atoms with Gasteiger partial charge in [-0.3, -0.25) is 4.79 Å². The van der Waals surface area contributed by atoms with Gasteiger partial charge in [-0.15, -0.1) is 0 Å². The Morgan fingerprint density at radius 1 is 1.24 bits per heavy atom. The first-order valence-corrected chi connectivity index (χ1v) is 7.17. The van der Waals surface area contributed by atoms with E-state index in [2.05, 4.69) is 33.0 Å². The van der Waals surface area contributed by atoms with E-state index in [4.69, 9.17) is 0 Å². The maximum Gasteiger partial charge on any atom is 0.221 e. The van der Waals surface area contributed by atoms with E-state index in [9.17, 15) is 4.79 Å². The number of hydrogen-bond acceptors (Lipinski definition) is 1. The van der Waals surface area contributed by atoms with Gasteiger partial charge in [0.05, 0.1) is 0 Å². The first kappa shape index (κ1) is 12.9. The molecule has 2 heteroatoms. The minimum atomic E-state index is -0.00402. The summed E-state index contributed by atoms with van der Waals surface area (Å²) in [6.45, 7) is 9.11. The molecule has 0 radical (unpaired) electrons. The average Bonchev–Trinajstić information content (AvgIpc) is 2.38. The molecule has 2 atom stereocenters. The lowest BCUT2D eigenvalue weighted by Gasteiger charge is -2.40. The molecule has 2 fully saturated rings. The van der Waals surface area contributed by atoms with Crippen LogP contribution in [0.15, 0.2) is 0 Å². The van der Waals surface area contributed by atoms with Crippen LogP contribution in [-0.2, 0) is 4.79 Å². The zero-order valence-electron chi connectivity index (χ0n) is 11.8. The summed E-state index contributed by atoms with van der Waals surface area (Å²) in [5, 5.41) is 3.19. The Bertz CT molecular complexity index is 308. The van der Waals surface area contributed by atoms with Crippen LogP contribution in [0, 0.1) is 17.3 Å². The van der Waals surface area contributed by atoms with Crippen LogP contribution in [0.5, 0.6) is 0 Å². The number of rotatable bonds is 1. The number of nitrogens with one attached hydrogen (secondary N) is 1. The number of carbonyl (C=O) groups is 1. The van der Waals surface area contributed by atoms with Gasteiger partial charge >= 0.3 is 0 Å². The zero-order valence-corrected chi connectivity index (χ0v) is 11.8. The van der Waals surface area contributed by atoms with E-state index in [0.29, 0.717) is 0 Å². The van der Waals surface area contributed by atoms with Gasteiger partial charge in [0, 0.05) is 17.4 Å². The topological polar surface area (TPSA) is 29.1 Å². The molecular weight excluding hydrogens is 210 g/mol. The molecule has 2 nitrogen and oxygen atoms in total. The highest BCUT2D eigenvalue weighted by Gasteiger charge is 2.52. The molecule has 1 saturated heterocycles. The van der Waals surface area contributed by atoms with Gasteiger partial charge in [-0.25, -0.2) is 0 Å². The summed E-state index contributed by atoms with van der Waals surface area (Å²) in [5.41, 5.74) is 0.226. The van der Waals surface area contributed by atoms with Crippen molar-refractivity contribution in [3.8, 4) is 0 Å². The number of carbonyl (C=O) groups excluding carboxylic acids is 1. The van der Waals surface area contributed by atoms with Crippen molar-refractivity contribution in [2.75, 3.05) is 0 Å². The highest BCUT2D eigenvalue weighted by molar-refractivity contribution is 5.80. The predicted octanol–water partition coefficient (Wildman–Crippen LogP) is 3.51. The maximum atomic E-state index is 11.7. The first-order chi connectivity index (χ1) is 7.86. The van der Waals surface area contributed by atoms with Gasteiger partial charge in [0.15, 0.2) is 0 Å². The fourth-order valence-electron chi connectivity index (χ4n) is 3.96. The molecule has 0 aromatic carbocycles. The van der Waals surface area contributed by atoms with E-state index in [-0.39, 0.29) is 16.9 Å². The second-order valence-electron chi connectivity index (χ2n) is 7.07. The van der Waals surface area contributed by atoms with E-state index >= 15 is 0 Å². The molecule has 2 aliphatic rings. The van der Waals surface area contributed by atoms with E-state index in [0.717, 1.165) is 18.3 Å². The fourth-order valence-corrected chi connectivity index (χ4v) is 3.96. The third-order valence-electron chi connectivity index (χ3n) is 5.44. The molecule has 1 spiro atoms. The van der Waals surface area contributed by atoms with Crippen LogP contribution < -0.4 is 5.32 Å². The van der Waals surface area contributed by atoms with Crippen LogP contribution in [0.1, 0.15) is 66.2 Å². The molecule has 98 valence electrons. The molecule has 2 rings (SSSR count). The largest absolute Gasteiger partial charge is 0.351 e. The summed E-state index contributed by atoms with van der Waals surface area (Å²) in [6, 6.07) is 0. The van der Waals surface area contributed by atoms with Crippen LogP contribution in [0.4, 0.5) is 0 Å². The Morgan fingerprint density at radius 2 is 1.94 bits per heavy atom. The van der Waals surface area contributed by atoms with Gasteiger partial charge in [0.2, 0.25) is 5.91 Å². The third kappa shape index (κ3) is 2.23. The Kier molecular flexibility index (Phi) is 3.26. The second kappa shape index (κ2) is 4.29. The lowest BCUT2D eigenvalue weighted by atomic mass is 9.67. The van der Waals surface area contributed by atoms with Crippen molar-refractivity contribution in [1.82, 2.24) is 5.32 Å². The van der Waals surface area contributed by atoms with Crippen LogP contribution in [0.3, 0.4) is 0 Å². The van der Waals surface area contributed by atoms with E-state index in [1.54, 1.807) is 0 Å². The van der Waals surface area contributed by atoms with Crippen LogP contribution in [-0.4, -0.2) is 11.4 Å². The van der Waals surface area contributed by atoms with Crippen molar-refractivity contribution in [2.24, 2.45) is 17.3 Å². The predicted molar refractivity (Wildman–Crippen MR) is 70.7 cm³/mol. The van der Waals surface area contributed by atoms with Crippen LogP contribution in [0.25, 0.3) is 0 Å². The molecule has 2 unspecified atom stereocenters. The standard InChI is InChI=1S/C15H27NO/c1-11(2)12-6-5-8-15(9-7-12)10-13(17)16-14(15,3)4/h11-12H,5-10H2,1-4H3,(H,16,17). The Labute approximate surface area is 106 Å². The van der Waals surface area contributed by atoms with Gasteiger partial charge in [-0.2, -0.15) is 0 Å². The van der Waals surface area contributed by atoms with Gasteiger partial charge in [0.25, 0.3) is 0 Å². The average molecular weight is 237 g/mol. The quantitative estimate of drug-likeness (QED) is 0.743. The Morgan fingerprint density at radius 3 is 2.47 bits per heavy atom. The summed E-state index contributed by atoms with van der Waals surface area (Å²) in [7, 11) is 0. The van der Waals surface area contributed by atoms with Gasteiger partial charge in [-0.05, 0) is 44.9 Å². The highest BCUT2D eigenvalue weighted by Crippen LogP contribution is 2.51. The molecule has 0 aromatic heterocycles. The molecular formula is C15H27NO. The lowest BCUT2D eigenvalue weighted by Crippen LogP contribution is -2.46. The number of amides is 1. The molecule has 17 heavy (non-hydrogen) atoms. The molecule has 0 aromatic rings. The normalized spacial score (nSPS) is 37.2. The van der Waals surface area contributed by atoms with Crippen molar-refractivity contribution < 1.29 is 4.79 Å². The fraction of sp³-hybridized carbons (Fsp3) is 0.933. The zero-order chi connectivity index (χ0) is 12.7. The maximum absolute atomic E-state index is 11.7. The van der Waals surface area contributed by atoms with Gasteiger partial charge < -0.3 is 5.32 Å². The van der Waals surface area contributed by atoms with Crippen molar-refractivity contribution in [1.29, 1.82) is 0 Å². The van der Waals surface area contributed by atoms with E-state index in [1.807, 2.05) is 0 Å². The molecule has 1 saturated carbocycles. The first-order valence-electron chi connectivity index (χ1n) is 7.17. The lowest BCUT2D eigenvalue weighted by molar-refractivity contribution is -0.120. The molecule has 1 aliphatic carbocycles. The summed E-state index contributed by atoms with van der Waals surface area (Å²) in [4.78, 5) is 11.7. The minimum Gasteiger partial charge on any atom is -0.351 e. The third-order valence-corrected chi connectivity index (χ3v) is 5.44. The smallest absolute Gasteiger partial charge is 0.221 e. The van der Waals surface area contributed by atoms with Crippen molar-refractivity contribution in [2.45, 2.75) is 71.8 Å². The monoisotopic (exact) mass is 237 g/mol. The highest BCUT2D eigenvalue weighted by atomic mass is 16.2. The Balaban J connectivity index is 2.14.